The molecule has 0 aliphatic heterocycles. The molecule has 2 aromatic carbocycles. The Hall–Kier alpha value is -3.06. The third kappa shape index (κ3) is 3.89. The van der Waals surface area contributed by atoms with Crippen LogP contribution in [0.4, 0.5) is 0 Å². The van der Waals surface area contributed by atoms with Gasteiger partial charge in [-0.25, -0.2) is 4.68 Å². The SMILES string of the molecule is Cn1nnnc1-c1cccc(C(=O)N(CCO)Cc2ccccc2)c1. The molecule has 3 rings (SSSR count). The fraction of sp³-hybridized carbons (Fsp3) is 0.222. The summed E-state index contributed by atoms with van der Waals surface area (Å²) in [4.78, 5) is 14.5. The number of aromatic nitrogens is 4. The molecule has 0 saturated heterocycles. The minimum absolute atomic E-state index is 0.0918. The number of benzene rings is 2. The van der Waals surface area contributed by atoms with Crippen LogP contribution in [0.1, 0.15) is 15.9 Å². The number of aryl methyl sites for hydroxylation is 1. The van der Waals surface area contributed by atoms with Gasteiger partial charge in [0.15, 0.2) is 5.82 Å². The summed E-state index contributed by atoms with van der Waals surface area (Å²) in [7, 11) is 1.75. The van der Waals surface area contributed by atoms with Crippen LogP contribution in [0.15, 0.2) is 54.6 Å². The van der Waals surface area contributed by atoms with Crippen molar-refractivity contribution >= 4 is 5.91 Å². The van der Waals surface area contributed by atoms with Gasteiger partial charge < -0.3 is 10.0 Å². The highest BCUT2D eigenvalue weighted by Crippen LogP contribution is 2.18. The average Bonchev–Trinajstić information content (AvgIpc) is 3.08. The summed E-state index contributed by atoms with van der Waals surface area (Å²) in [6, 6.07) is 16.9. The Bertz CT molecular complexity index is 847. The van der Waals surface area contributed by atoms with Crippen LogP contribution >= 0.6 is 0 Å². The monoisotopic (exact) mass is 337 g/mol. The van der Waals surface area contributed by atoms with Gasteiger partial charge in [0.1, 0.15) is 0 Å². The van der Waals surface area contributed by atoms with E-state index in [0.29, 0.717) is 17.9 Å². The fourth-order valence-electron chi connectivity index (χ4n) is 2.62. The first-order chi connectivity index (χ1) is 12.2. The number of tetrazole rings is 1. The molecule has 0 spiro atoms. The highest BCUT2D eigenvalue weighted by atomic mass is 16.3. The average molecular weight is 337 g/mol. The minimum atomic E-state index is -0.144. The summed E-state index contributed by atoms with van der Waals surface area (Å²) >= 11 is 0. The van der Waals surface area contributed by atoms with E-state index in [1.54, 1.807) is 34.8 Å². The molecule has 0 atom stereocenters. The molecule has 0 unspecified atom stereocenters. The first-order valence-corrected chi connectivity index (χ1v) is 7.96. The van der Waals surface area contributed by atoms with Crippen LogP contribution in [0.25, 0.3) is 11.4 Å². The van der Waals surface area contributed by atoms with Gasteiger partial charge in [0.25, 0.3) is 5.91 Å². The van der Waals surface area contributed by atoms with Crippen molar-refractivity contribution in [1.29, 1.82) is 0 Å². The summed E-state index contributed by atoms with van der Waals surface area (Å²) in [6.07, 6.45) is 0. The van der Waals surface area contributed by atoms with E-state index in [-0.39, 0.29) is 19.1 Å². The van der Waals surface area contributed by atoms with Gasteiger partial charge in [0, 0.05) is 31.3 Å². The lowest BCUT2D eigenvalue weighted by Crippen LogP contribution is -2.33. The minimum Gasteiger partial charge on any atom is -0.395 e. The van der Waals surface area contributed by atoms with Gasteiger partial charge in [-0.3, -0.25) is 4.79 Å². The molecule has 1 aromatic heterocycles. The Morgan fingerprint density at radius 2 is 1.96 bits per heavy atom. The van der Waals surface area contributed by atoms with Crippen molar-refractivity contribution in [2.45, 2.75) is 6.54 Å². The van der Waals surface area contributed by atoms with Crippen LogP contribution in [0.3, 0.4) is 0 Å². The number of aliphatic hydroxyl groups is 1. The third-order valence-corrected chi connectivity index (χ3v) is 3.86. The Morgan fingerprint density at radius 1 is 1.16 bits per heavy atom. The zero-order chi connectivity index (χ0) is 17.6. The van der Waals surface area contributed by atoms with E-state index >= 15 is 0 Å². The second-order valence-electron chi connectivity index (χ2n) is 5.64. The molecule has 7 heteroatoms. The maximum atomic E-state index is 12.9. The Labute approximate surface area is 145 Å². The maximum Gasteiger partial charge on any atom is 0.254 e. The predicted octanol–water partition coefficient (Wildman–Crippen LogP) is 1.51. The topological polar surface area (TPSA) is 84.1 Å². The second-order valence-corrected chi connectivity index (χ2v) is 5.64. The zero-order valence-corrected chi connectivity index (χ0v) is 13.9. The van der Waals surface area contributed by atoms with Crippen molar-refractivity contribution in [1.82, 2.24) is 25.1 Å². The van der Waals surface area contributed by atoms with E-state index in [2.05, 4.69) is 15.5 Å². The van der Waals surface area contributed by atoms with Gasteiger partial charge in [0.2, 0.25) is 0 Å². The van der Waals surface area contributed by atoms with Crippen LogP contribution < -0.4 is 0 Å². The van der Waals surface area contributed by atoms with Crippen LogP contribution in [0.5, 0.6) is 0 Å². The number of carbonyl (C=O) groups is 1. The first kappa shape index (κ1) is 16.8. The second kappa shape index (κ2) is 7.67. The van der Waals surface area contributed by atoms with E-state index in [4.69, 9.17) is 0 Å². The molecule has 0 aliphatic rings. The lowest BCUT2D eigenvalue weighted by atomic mass is 10.1. The van der Waals surface area contributed by atoms with Crippen LogP contribution in [0.2, 0.25) is 0 Å². The summed E-state index contributed by atoms with van der Waals surface area (Å²) in [5, 5.41) is 20.7. The maximum absolute atomic E-state index is 12.9. The van der Waals surface area contributed by atoms with Crippen molar-refractivity contribution in [2.24, 2.45) is 7.05 Å². The Kier molecular flexibility index (Phi) is 5.15. The number of hydrogen-bond donors (Lipinski definition) is 1. The summed E-state index contributed by atoms with van der Waals surface area (Å²) in [5.74, 6) is 0.446. The highest BCUT2D eigenvalue weighted by Gasteiger charge is 2.17. The van der Waals surface area contributed by atoms with Crippen molar-refractivity contribution in [2.75, 3.05) is 13.2 Å². The molecule has 3 aromatic rings. The van der Waals surface area contributed by atoms with Crippen LogP contribution in [0, 0.1) is 0 Å². The van der Waals surface area contributed by atoms with Crippen molar-refractivity contribution in [3.05, 3.63) is 65.7 Å². The summed E-state index contributed by atoms with van der Waals surface area (Å²) in [6.45, 7) is 0.616. The fourth-order valence-corrected chi connectivity index (χ4v) is 2.62. The quantitative estimate of drug-likeness (QED) is 0.737. The number of carbonyl (C=O) groups excluding carboxylic acids is 1. The molecule has 7 nitrogen and oxygen atoms in total. The molecule has 0 radical (unpaired) electrons. The number of rotatable bonds is 6. The van der Waals surface area contributed by atoms with E-state index in [1.807, 2.05) is 36.4 Å². The summed E-state index contributed by atoms with van der Waals surface area (Å²) in [5.41, 5.74) is 2.31. The van der Waals surface area contributed by atoms with Crippen LogP contribution in [-0.2, 0) is 13.6 Å². The van der Waals surface area contributed by atoms with Crippen molar-refractivity contribution in [3.63, 3.8) is 0 Å². The normalized spacial score (nSPS) is 10.6. The Balaban J connectivity index is 1.86. The molecule has 25 heavy (non-hydrogen) atoms. The van der Waals surface area contributed by atoms with E-state index < -0.39 is 0 Å². The molecule has 0 bridgehead atoms. The molecule has 0 saturated carbocycles. The molecule has 0 fully saturated rings. The molecule has 1 amide bonds. The van der Waals surface area contributed by atoms with Gasteiger partial charge in [-0.2, -0.15) is 0 Å². The predicted molar refractivity (Wildman–Crippen MR) is 92.5 cm³/mol. The molecule has 128 valence electrons. The molecule has 0 aliphatic carbocycles. The first-order valence-electron chi connectivity index (χ1n) is 7.96. The highest BCUT2D eigenvalue weighted by molar-refractivity contribution is 5.95. The molecular weight excluding hydrogens is 318 g/mol. The van der Waals surface area contributed by atoms with E-state index in [1.165, 1.54) is 0 Å². The Morgan fingerprint density at radius 3 is 2.64 bits per heavy atom. The lowest BCUT2D eigenvalue weighted by Gasteiger charge is -2.22. The molecule has 1 N–H and O–H groups in total. The largest absolute Gasteiger partial charge is 0.395 e. The number of nitrogens with zero attached hydrogens (tertiary/aromatic N) is 5. The molecular formula is C18H19N5O2. The van der Waals surface area contributed by atoms with Crippen LogP contribution in [-0.4, -0.2) is 49.3 Å². The van der Waals surface area contributed by atoms with Gasteiger partial charge >= 0.3 is 0 Å². The van der Waals surface area contributed by atoms with Crippen molar-refractivity contribution < 1.29 is 9.90 Å². The summed E-state index contributed by atoms with van der Waals surface area (Å²) < 4.78 is 1.55. The smallest absolute Gasteiger partial charge is 0.254 e. The van der Waals surface area contributed by atoms with Gasteiger partial charge in [-0.15, -0.1) is 5.10 Å². The number of aliphatic hydroxyl groups excluding tert-OH is 1. The van der Waals surface area contributed by atoms with Gasteiger partial charge in [0.05, 0.1) is 6.61 Å². The standard InChI is InChI=1S/C18H19N5O2/c1-22-17(19-20-21-22)15-8-5-9-16(12-15)18(25)23(10-11-24)13-14-6-3-2-4-7-14/h2-9,12,24H,10-11,13H2,1H3. The molecule has 1 heterocycles. The van der Waals surface area contributed by atoms with Gasteiger partial charge in [-0.05, 0) is 28.1 Å². The number of hydrogen-bond acceptors (Lipinski definition) is 5. The third-order valence-electron chi connectivity index (χ3n) is 3.86. The van der Waals surface area contributed by atoms with Gasteiger partial charge in [-0.1, -0.05) is 42.5 Å². The zero-order valence-electron chi connectivity index (χ0n) is 13.9. The lowest BCUT2D eigenvalue weighted by molar-refractivity contribution is 0.0708. The van der Waals surface area contributed by atoms with E-state index in [9.17, 15) is 9.90 Å². The number of amides is 1. The van der Waals surface area contributed by atoms with Crippen molar-refractivity contribution in [3.8, 4) is 11.4 Å². The van der Waals surface area contributed by atoms with E-state index in [0.717, 1.165) is 11.1 Å².